The second-order valence-electron chi connectivity index (χ2n) is 6.01. The fourth-order valence-electron chi connectivity index (χ4n) is 3.16. The van der Waals surface area contributed by atoms with E-state index in [-0.39, 0.29) is 18.6 Å². The van der Waals surface area contributed by atoms with Crippen LogP contribution in [0.25, 0.3) is 0 Å². The van der Waals surface area contributed by atoms with Crippen molar-refractivity contribution in [2.75, 3.05) is 46.9 Å². The van der Waals surface area contributed by atoms with Crippen LogP contribution in [0.3, 0.4) is 0 Å². The highest BCUT2D eigenvalue weighted by Gasteiger charge is 2.37. The first kappa shape index (κ1) is 16.6. The molecule has 2 saturated heterocycles. The van der Waals surface area contributed by atoms with Crippen LogP contribution in [-0.2, 0) is 9.53 Å². The number of nitrogens with zero attached hydrogens (tertiary/aromatic N) is 2. The van der Waals surface area contributed by atoms with Gasteiger partial charge in [-0.3, -0.25) is 14.6 Å². The summed E-state index contributed by atoms with van der Waals surface area (Å²) in [7, 11) is 3.63. The molecule has 21 heavy (non-hydrogen) atoms. The zero-order chi connectivity index (χ0) is 15.4. The minimum absolute atomic E-state index is 0.0426. The third-order valence-electron chi connectivity index (χ3n) is 4.67. The van der Waals surface area contributed by atoms with E-state index in [0.717, 1.165) is 25.9 Å². The Labute approximate surface area is 125 Å². The van der Waals surface area contributed by atoms with Crippen LogP contribution in [0, 0.1) is 0 Å². The van der Waals surface area contributed by atoms with Gasteiger partial charge in [-0.05, 0) is 19.9 Å². The Hall–Kier alpha value is -0.730. The highest BCUT2D eigenvalue weighted by atomic mass is 16.5. The number of carbonyl (C=O) groups excluding carboxylic acids is 1. The summed E-state index contributed by atoms with van der Waals surface area (Å²) in [5.74, 6) is 0.0426. The number of ether oxygens (including phenoxy) is 1. The van der Waals surface area contributed by atoms with Crippen LogP contribution < -0.4 is 5.32 Å². The number of rotatable bonds is 4. The predicted molar refractivity (Wildman–Crippen MR) is 77.9 cm³/mol. The number of amides is 1. The lowest BCUT2D eigenvalue weighted by atomic mass is 9.97. The lowest BCUT2D eigenvalue weighted by Crippen LogP contribution is -2.58. The van der Waals surface area contributed by atoms with Gasteiger partial charge >= 0.3 is 0 Å². The summed E-state index contributed by atoms with van der Waals surface area (Å²) in [4.78, 5) is 15.7. The van der Waals surface area contributed by atoms with Gasteiger partial charge in [-0.25, -0.2) is 0 Å². The maximum atomic E-state index is 11.4. The molecule has 2 aliphatic rings. The van der Waals surface area contributed by atoms with Crippen molar-refractivity contribution in [1.82, 2.24) is 15.1 Å². The molecule has 0 bridgehead atoms. The molecule has 2 fully saturated rings. The third kappa shape index (κ3) is 4.14. The molecule has 0 unspecified atom stereocenters. The molecule has 1 amide bonds. The number of likely N-dealkylation sites (N-methyl/N-ethyl adjacent to an activating group) is 2. The van der Waals surface area contributed by atoms with Gasteiger partial charge in [0.15, 0.2) is 0 Å². The van der Waals surface area contributed by atoms with Gasteiger partial charge in [0.1, 0.15) is 6.10 Å². The molecule has 0 aliphatic carbocycles. The monoisotopic (exact) mass is 301 g/mol. The Balaban J connectivity index is 1.82. The fourth-order valence-corrected chi connectivity index (χ4v) is 3.16. The number of nitrogens with one attached hydrogen (secondary N) is 1. The van der Waals surface area contributed by atoms with E-state index in [4.69, 9.17) is 4.74 Å². The number of aliphatic hydroxyl groups excluding tert-OH is 2. The molecule has 2 heterocycles. The van der Waals surface area contributed by atoms with Crippen LogP contribution >= 0.6 is 0 Å². The van der Waals surface area contributed by atoms with Gasteiger partial charge in [-0.1, -0.05) is 0 Å². The molecular formula is C14H27N3O4. The summed E-state index contributed by atoms with van der Waals surface area (Å²) in [6.07, 6.45) is 0.340. The van der Waals surface area contributed by atoms with Crippen molar-refractivity contribution in [3.63, 3.8) is 0 Å². The first-order valence-corrected chi connectivity index (χ1v) is 7.61. The Kier molecular flexibility index (Phi) is 5.95. The van der Waals surface area contributed by atoms with Crippen molar-refractivity contribution in [3.8, 4) is 0 Å². The second-order valence-corrected chi connectivity index (χ2v) is 6.01. The Morgan fingerprint density at radius 1 is 1.33 bits per heavy atom. The molecule has 7 nitrogen and oxygen atoms in total. The molecular weight excluding hydrogens is 274 g/mol. The topological polar surface area (TPSA) is 85.3 Å². The van der Waals surface area contributed by atoms with Crippen molar-refractivity contribution in [2.24, 2.45) is 0 Å². The van der Waals surface area contributed by atoms with Crippen molar-refractivity contribution in [3.05, 3.63) is 0 Å². The van der Waals surface area contributed by atoms with E-state index in [0.29, 0.717) is 19.2 Å². The molecule has 7 heteroatoms. The van der Waals surface area contributed by atoms with Crippen LogP contribution in [0.2, 0.25) is 0 Å². The van der Waals surface area contributed by atoms with Crippen LogP contribution in [0.5, 0.6) is 0 Å². The maximum Gasteiger partial charge on any atom is 0.233 e. The average molecular weight is 301 g/mol. The third-order valence-corrected chi connectivity index (χ3v) is 4.67. The molecule has 0 aromatic rings. The van der Waals surface area contributed by atoms with E-state index in [1.165, 1.54) is 0 Å². The molecule has 3 N–H and O–H groups in total. The maximum absolute atomic E-state index is 11.4. The Morgan fingerprint density at radius 3 is 2.62 bits per heavy atom. The van der Waals surface area contributed by atoms with Crippen LogP contribution in [0.15, 0.2) is 0 Å². The van der Waals surface area contributed by atoms with Gasteiger partial charge in [0, 0.05) is 26.2 Å². The highest BCUT2D eigenvalue weighted by Crippen LogP contribution is 2.22. The summed E-state index contributed by atoms with van der Waals surface area (Å²) in [5.41, 5.74) is 0. The number of hydrogen-bond donors (Lipinski definition) is 3. The van der Waals surface area contributed by atoms with E-state index in [9.17, 15) is 15.0 Å². The van der Waals surface area contributed by atoms with E-state index >= 15 is 0 Å². The first-order chi connectivity index (χ1) is 10.0. The zero-order valence-electron chi connectivity index (χ0n) is 12.9. The highest BCUT2D eigenvalue weighted by molar-refractivity contribution is 5.77. The van der Waals surface area contributed by atoms with Crippen molar-refractivity contribution in [2.45, 2.75) is 37.1 Å². The second kappa shape index (κ2) is 7.51. The van der Waals surface area contributed by atoms with Gasteiger partial charge in [0.25, 0.3) is 0 Å². The minimum Gasteiger partial charge on any atom is -0.389 e. The van der Waals surface area contributed by atoms with Crippen molar-refractivity contribution >= 4 is 5.91 Å². The quantitative estimate of drug-likeness (QED) is 0.571. The van der Waals surface area contributed by atoms with Crippen LogP contribution in [0.4, 0.5) is 0 Å². The largest absolute Gasteiger partial charge is 0.389 e. The standard InChI is InChI=1S/C14H27N3O4/c1-15-13(19)7-17-5-3-10(4-6-17)16(2)11-8-21-9-12(18)14(11)20/h10-12,14,18,20H,3-9H2,1-2H3,(H,15,19)/t11-,12-,14+/m1/s1. The van der Waals surface area contributed by atoms with Crippen LogP contribution in [0.1, 0.15) is 12.8 Å². The summed E-state index contributed by atoms with van der Waals surface area (Å²) >= 11 is 0. The minimum atomic E-state index is -0.806. The number of carbonyl (C=O) groups is 1. The van der Waals surface area contributed by atoms with Gasteiger partial charge in [0.2, 0.25) is 5.91 Å². The lowest BCUT2D eigenvalue weighted by Gasteiger charge is -2.44. The Morgan fingerprint density at radius 2 is 2.00 bits per heavy atom. The summed E-state index contributed by atoms with van der Waals surface area (Å²) < 4.78 is 5.35. The summed E-state index contributed by atoms with van der Waals surface area (Å²) in [6, 6.07) is 0.184. The lowest BCUT2D eigenvalue weighted by molar-refractivity contribution is -0.137. The molecule has 3 atom stereocenters. The molecule has 0 aromatic heterocycles. The average Bonchev–Trinajstić information content (AvgIpc) is 2.50. The number of aliphatic hydroxyl groups is 2. The first-order valence-electron chi connectivity index (χ1n) is 7.61. The van der Waals surface area contributed by atoms with Crippen molar-refractivity contribution < 1.29 is 19.7 Å². The van der Waals surface area contributed by atoms with Gasteiger partial charge in [-0.15, -0.1) is 0 Å². The molecule has 0 spiro atoms. The summed E-state index contributed by atoms with van der Waals surface area (Å²) in [6.45, 7) is 2.84. The number of piperidine rings is 1. The van der Waals surface area contributed by atoms with E-state index in [2.05, 4.69) is 15.1 Å². The normalized spacial score (nSPS) is 32.3. The molecule has 122 valence electrons. The molecule has 0 aromatic carbocycles. The van der Waals surface area contributed by atoms with Gasteiger partial charge < -0.3 is 20.3 Å². The number of likely N-dealkylation sites (tertiary alicyclic amines) is 1. The van der Waals surface area contributed by atoms with Crippen LogP contribution in [-0.4, -0.2) is 97.2 Å². The molecule has 0 radical (unpaired) electrons. The zero-order valence-corrected chi connectivity index (χ0v) is 12.9. The predicted octanol–water partition coefficient (Wildman–Crippen LogP) is -1.75. The fraction of sp³-hybridized carbons (Fsp3) is 0.929. The van der Waals surface area contributed by atoms with Gasteiger partial charge in [-0.2, -0.15) is 0 Å². The Bertz CT molecular complexity index is 347. The SMILES string of the molecule is CNC(=O)CN1CCC(N(C)[C@@H]2COC[C@@H](O)[C@H]2O)CC1. The molecule has 0 saturated carbocycles. The van der Waals surface area contributed by atoms with E-state index < -0.39 is 12.2 Å². The summed E-state index contributed by atoms with van der Waals surface area (Å²) in [5, 5.41) is 22.5. The molecule has 2 rings (SSSR count). The van der Waals surface area contributed by atoms with Crippen molar-refractivity contribution in [1.29, 1.82) is 0 Å². The van der Waals surface area contributed by atoms with E-state index in [1.807, 2.05) is 7.05 Å². The molecule has 2 aliphatic heterocycles. The smallest absolute Gasteiger partial charge is 0.233 e. The van der Waals surface area contributed by atoms with Gasteiger partial charge in [0.05, 0.1) is 31.9 Å². The van der Waals surface area contributed by atoms with E-state index in [1.54, 1.807) is 7.05 Å². The number of hydrogen-bond acceptors (Lipinski definition) is 6.